The molecule has 1 atom stereocenters. The topological polar surface area (TPSA) is 48.0 Å². The van der Waals surface area contributed by atoms with Crippen molar-refractivity contribution in [1.29, 1.82) is 0 Å². The number of carbonyl (C=O) groups is 1. The molecule has 2 fully saturated rings. The predicted molar refractivity (Wildman–Crippen MR) is 95.6 cm³/mol. The Hall–Kier alpha value is -1.59. The molecule has 0 unspecified atom stereocenters. The lowest BCUT2D eigenvalue weighted by molar-refractivity contribution is -0.139. The second-order valence-corrected chi connectivity index (χ2v) is 6.83. The van der Waals surface area contributed by atoms with E-state index >= 15 is 0 Å². The van der Waals surface area contributed by atoms with Gasteiger partial charge >= 0.3 is 0 Å². The first-order valence-corrected chi connectivity index (χ1v) is 9.47. The van der Waals surface area contributed by atoms with Crippen molar-refractivity contribution in [3.8, 4) is 5.75 Å². The van der Waals surface area contributed by atoms with E-state index in [1.54, 1.807) is 0 Å². The number of amides is 1. The van der Waals surface area contributed by atoms with Gasteiger partial charge in [-0.3, -0.25) is 4.79 Å². The van der Waals surface area contributed by atoms with Crippen LogP contribution in [0, 0.1) is 0 Å². The van der Waals surface area contributed by atoms with Gasteiger partial charge in [-0.1, -0.05) is 12.1 Å². The van der Waals surface area contributed by atoms with E-state index < -0.39 is 0 Å². The Bertz CT molecular complexity index is 535. The molecule has 1 amide bonds. The standard InChI is InChI=1S/C20H29NO4/c1-2-24-18-10-6-16(7-11-18)13-21(17-8-9-17)20(22)15-23-14-19-5-3-4-12-25-19/h6-7,10-11,17,19H,2-5,8-9,12-15H2,1H3/t19-/m1/s1. The van der Waals surface area contributed by atoms with Gasteiger partial charge in [0.05, 0.1) is 19.3 Å². The van der Waals surface area contributed by atoms with Crippen LogP contribution in [-0.4, -0.2) is 49.4 Å². The summed E-state index contributed by atoms with van der Waals surface area (Å²) in [5, 5.41) is 0. The SMILES string of the molecule is CCOc1ccc(CN(C(=O)COC[C@H]2CCCCO2)C2CC2)cc1. The molecule has 0 aromatic heterocycles. The Labute approximate surface area is 150 Å². The molecule has 1 saturated heterocycles. The number of ether oxygens (including phenoxy) is 3. The van der Waals surface area contributed by atoms with Crippen molar-refractivity contribution in [2.24, 2.45) is 0 Å². The molecule has 5 heteroatoms. The van der Waals surface area contributed by atoms with Gasteiger partial charge in [-0.25, -0.2) is 0 Å². The Morgan fingerprint density at radius 3 is 2.64 bits per heavy atom. The van der Waals surface area contributed by atoms with Gasteiger partial charge in [-0.2, -0.15) is 0 Å². The van der Waals surface area contributed by atoms with E-state index in [4.69, 9.17) is 14.2 Å². The zero-order valence-corrected chi connectivity index (χ0v) is 15.1. The Kier molecular flexibility index (Phi) is 6.70. The van der Waals surface area contributed by atoms with E-state index in [0.717, 1.165) is 43.6 Å². The van der Waals surface area contributed by atoms with Crippen LogP contribution >= 0.6 is 0 Å². The van der Waals surface area contributed by atoms with Gasteiger partial charge in [-0.05, 0) is 56.7 Å². The molecule has 1 aromatic rings. The molecule has 3 rings (SSSR count). The third-order valence-electron chi connectivity index (χ3n) is 4.70. The maximum atomic E-state index is 12.6. The minimum atomic E-state index is 0.0761. The first-order valence-electron chi connectivity index (χ1n) is 9.47. The minimum absolute atomic E-state index is 0.0761. The average molecular weight is 347 g/mol. The van der Waals surface area contributed by atoms with Crippen molar-refractivity contribution in [2.45, 2.75) is 57.7 Å². The molecule has 0 bridgehead atoms. The fourth-order valence-corrected chi connectivity index (χ4v) is 3.16. The third kappa shape index (κ3) is 5.72. The van der Waals surface area contributed by atoms with Crippen LogP contribution in [0.2, 0.25) is 0 Å². The summed E-state index contributed by atoms with van der Waals surface area (Å²) in [4.78, 5) is 14.5. The second kappa shape index (κ2) is 9.20. The maximum absolute atomic E-state index is 12.6. The summed E-state index contributed by atoms with van der Waals surface area (Å²) in [7, 11) is 0. The molecule has 1 saturated carbocycles. The van der Waals surface area contributed by atoms with E-state index in [-0.39, 0.29) is 18.6 Å². The van der Waals surface area contributed by atoms with Crippen molar-refractivity contribution in [2.75, 3.05) is 26.4 Å². The molecular formula is C20H29NO4. The number of nitrogens with zero attached hydrogens (tertiary/aromatic N) is 1. The van der Waals surface area contributed by atoms with Crippen molar-refractivity contribution < 1.29 is 19.0 Å². The van der Waals surface area contributed by atoms with E-state index in [0.29, 0.717) is 25.8 Å². The number of benzene rings is 1. The largest absolute Gasteiger partial charge is 0.494 e. The van der Waals surface area contributed by atoms with Crippen LogP contribution in [0.25, 0.3) is 0 Å². The first kappa shape index (κ1) is 18.2. The van der Waals surface area contributed by atoms with Gasteiger partial charge in [0.25, 0.3) is 0 Å². The van der Waals surface area contributed by atoms with Gasteiger partial charge in [-0.15, -0.1) is 0 Å². The normalized spacial score (nSPS) is 20.3. The van der Waals surface area contributed by atoms with Gasteiger partial charge in [0.15, 0.2) is 0 Å². The zero-order valence-electron chi connectivity index (χ0n) is 15.1. The summed E-state index contributed by atoms with van der Waals surface area (Å²) in [6, 6.07) is 8.36. The lowest BCUT2D eigenvalue weighted by Crippen LogP contribution is -2.36. The number of carbonyl (C=O) groups excluding carboxylic acids is 1. The van der Waals surface area contributed by atoms with E-state index in [1.807, 2.05) is 36.1 Å². The second-order valence-electron chi connectivity index (χ2n) is 6.83. The number of hydrogen-bond donors (Lipinski definition) is 0. The summed E-state index contributed by atoms with van der Waals surface area (Å²) in [5.41, 5.74) is 1.12. The molecule has 1 aliphatic carbocycles. The summed E-state index contributed by atoms with van der Waals surface area (Å²) < 4.78 is 16.8. The number of rotatable bonds is 9. The summed E-state index contributed by atoms with van der Waals surface area (Å²) in [6.45, 7) is 4.75. The highest BCUT2D eigenvalue weighted by atomic mass is 16.5. The van der Waals surface area contributed by atoms with Crippen LogP contribution < -0.4 is 4.74 Å². The monoisotopic (exact) mass is 347 g/mol. The lowest BCUT2D eigenvalue weighted by Gasteiger charge is -2.25. The van der Waals surface area contributed by atoms with Crippen LogP contribution in [0.4, 0.5) is 0 Å². The van der Waals surface area contributed by atoms with Crippen molar-refractivity contribution in [1.82, 2.24) is 4.90 Å². The maximum Gasteiger partial charge on any atom is 0.249 e. The average Bonchev–Trinajstić information content (AvgIpc) is 3.47. The van der Waals surface area contributed by atoms with Gasteiger partial charge < -0.3 is 19.1 Å². The molecule has 5 nitrogen and oxygen atoms in total. The highest BCUT2D eigenvalue weighted by Crippen LogP contribution is 2.29. The molecular weight excluding hydrogens is 318 g/mol. The highest BCUT2D eigenvalue weighted by molar-refractivity contribution is 5.78. The molecule has 0 spiro atoms. The van der Waals surface area contributed by atoms with Crippen LogP contribution in [0.1, 0.15) is 44.6 Å². The van der Waals surface area contributed by atoms with Crippen LogP contribution in [0.5, 0.6) is 5.75 Å². The Morgan fingerprint density at radius 1 is 1.20 bits per heavy atom. The Morgan fingerprint density at radius 2 is 2.00 bits per heavy atom. The third-order valence-corrected chi connectivity index (χ3v) is 4.70. The molecule has 1 aromatic carbocycles. The van der Waals surface area contributed by atoms with Crippen molar-refractivity contribution in [3.63, 3.8) is 0 Å². The molecule has 1 heterocycles. The minimum Gasteiger partial charge on any atom is -0.494 e. The Balaban J connectivity index is 1.47. The van der Waals surface area contributed by atoms with Crippen LogP contribution in [0.3, 0.4) is 0 Å². The summed E-state index contributed by atoms with van der Waals surface area (Å²) in [6.07, 6.45) is 5.69. The highest BCUT2D eigenvalue weighted by Gasteiger charge is 2.32. The summed E-state index contributed by atoms with van der Waals surface area (Å²) in [5.74, 6) is 0.943. The zero-order chi connectivity index (χ0) is 17.5. The van der Waals surface area contributed by atoms with Crippen LogP contribution in [0.15, 0.2) is 24.3 Å². The van der Waals surface area contributed by atoms with Gasteiger partial charge in [0.2, 0.25) is 5.91 Å². The molecule has 25 heavy (non-hydrogen) atoms. The smallest absolute Gasteiger partial charge is 0.249 e. The predicted octanol–water partition coefficient (Wildman–Crippen LogP) is 3.16. The first-order chi connectivity index (χ1) is 12.3. The van der Waals surface area contributed by atoms with Crippen molar-refractivity contribution in [3.05, 3.63) is 29.8 Å². The van der Waals surface area contributed by atoms with E-state index in [2.05, 4.69) is 0 Å². The fourth-order valence-electron chi connectivity index (χ4n) is 3.16. The van der Waals surface area contributed by atoms with Gasteiger partial charge in [0, 0.05) is 19.2 Å². The van der Waals surface area contributed by atoms with E-state index in [1.165, 1.54) is 6.42 Å². The van der Waals surface area contributed by atoms with E-state index in [9.17, 15) is 4.79 Å². The molecule has 138 valence electrons. The fraction of sp³-hybridized carbons (Fsp3) is 0.650. The number of hydrogen-bond acceptors (Lipinski definition) is 4. The lowest BCUT2D eigenvalue weighted by atomic mass is 10.1. The van der Waals surface area contributed by atoms with Crippen LogP contribution in [-0.2, 0) is 20.8 Å². The molecule has 1 aliphatic heterocycles. The summed E-state index contributed by atoms with van der Waals surface area (Å²) >= 11 is 0. The van der Waals surface area contributed by atoms with Gasteiger partial charge in [0.1, 0.15) is 12.4 Å². The molecule has 2 aliphatic rings. The molecule has 0 radical (unpaired) electrons. The quantitative estimate of drug-likeness (QED) is 0.688. The van der Waals surface area contributed by atoms with Crippen molar-refractivity contribution >= 4 is 5.91 Å². The molecule has 0 N–H and O–H groups in total.